The zero-order chi connectivity index (χ0) is 22.0. The van der Waals surface area contributed by atoms with E-state index in [2.05, 4.69) is 9.97 Å². The van der Waals surface area contributed by atoms with Crippen LogP contribution < -0.4 is 10.5 Å². The van der Waals surface area contributed by atoms with Gasteiger partial charge in [-0.3, -0.25) is 9.36 Å². The molecule has 1 aromatic carbocycles. The molecule has 1 fully saturated rings. The van der Waals surface area contributed by atoms with Crippen LogP contribution >= 0.6 is 0 Å². The van der Waals surface area contributed by atoms with E-state index in [0.29, 0.717) is 67.4 Å². The molecule has 0 saturated carbocycles. The topological polar surface area (TPSA) is 80.5 Å². The molecule has 1 N–H and O–H groups in total. The van der Waals surface area contributed by atoms with E-state index in [-0.39, 0.29) is 18.2 Å². The highest BCUT2D eigenvalue weighted by atomic mass is 19.2. The summed E-state index contributed by atoms with van der Waals surface area (Å²) in [6.45, 7) is 4.08. The summed E-state index contributed by atoms with van der Waals surface area (Å²) in [6, 6.07) is 6.95. The minimum Gasteiger partial charge on any atom is -0.393 e. The average molecular weight is 430 g/mol. The second-order valence-electron chi connectivity index (χ2n) is 7.48. The lowest BCUT2D eigenvalue weighted by Crippen LogP contribution is -2.41. The van der Waals surface area contributed by atoms with Gasteiger partial charge < -0.3 is 14.7 Å². The molecule has 0 spiro atoms. The van der Waals surface area contributed by atoms with Gasteiger partial charge in [-0.05, 0) is 50.1 Å². The second kappa shape index (κ2) is 9.07. The third-order valence-electron chi connectivity index (χ3n) is 5.42. The molecule has 3 heterocycles. The fraction of sp³-hybridized carbons (Fsp3) is 0.409. The number of aliphatic hydroxyl groups excluding tert-OH is 1. The molecule has 164 valence electrons. The van der Waals surface area contributed by atoms with Crippen molar-refractivity contribution >= 4 is 17.0 Å². The quantitative estimate of drug-likeness (QED) is 0.606. The number of aliphatic hydroxyl groups is 1. The summed E-state index contributed by atoms with van der Waals surface area (Å²) in [6.07, 6.45) is 0.786. The van der Waals surface area contributed by atoms with Crippen molar-refractivity contribution in [3.8, 4) is 11.3 Å². The molecule has 0 aliphatic carbocycles. The van der Waals surface area contributed by atoms with Gasteiger partial charge in [-0.1, -0.05) is 0 Å². The summed E-state index contributed by atoms with van der Waals surface area (Å²) in [5.74, 6) is -1.58. The summed E-state index contributed by atoms with van der Waals surface area (Å²) < 4.78 is 34.0. The van der Waals surface area contributed by atoms with Crippen LogP contribution in [0, 0.1) is 11.6 Å². The number of rotatable bonds is 6. The van der Waals surface area contributed by atoms with Crippen LogP contribution in [0.25, 0.3) is 22.4 Å². The SMILES string of the molecule is CCOCCn1c(=O)c(N2CCC(O)CC2)nc2ccc(-c3ccc(F)c(F)c3)nc21. The van der Waals surface area contributed by atoms with Crippen LogP contribution in [0.2, 0.25) is 0 Å². The number of hydrogen-bond donors (Lipinski definition) is 1. The Morgan fingerprint density at radius 3 is 2.61 bits per heavy atom. The van der Waals surface area contributed by atoms with Crippen LogP contribution in [-0.2, 0) is 11.3 Å². The van der Waals surface area contributed by atoms with E-state index in [1.807, 2.05) is 11.8 Å². The Labute approximate surface area is 177 Å². The summed E-state index contributed by atoms with van der Waals surface area (Å²) in [5, 5.41) is 9.78. The van der Waals surface area contributed by atoms with Crippen molar-refractivity contribution in [3.05, 3.63) is 52.3 Å². The molecule has 4 rings (SSSR count). The van der Waals surface area contributed by atoms with Crippen LogP contribution in [0.5, 0.6) is 0 Å². The highest BCUT2D eigenvalue weighted by Gasteiger charge is 2.23. The molecule has 0 unspecified atom stereocenters. The standard InChI is InChI=1S/C22H24F2N4O3/c1-2-31-12-11-28-20-19(26-21(22(28)30)27-9-7-15(29)8-10-27)6-5-18(25-20)14-3-4-16(23)17(24)13-14/h3-6,13,15,29H,2,7-12H2,1H3. The Morgan fingerprint density at radius 1 is 1.13 bits per heavy atom. The predicted octanol–water partition coefficient (Wildman–Crippen LogP) is 2.73. The Kier molecular flexibility index (Phi) is 6.24. The molecule has 0 amide bonds. The maximum Gasteiger partial charge on any atom is 0.295 e. The van der Waals surface area contributed by atoms with Gasteiger partial charge in [-0.15, -0.1) is 0 Å². The number of benzene rings is 1. The van der Waals surface area contributed by atoms with Crippen molar-refractivity contribution in [2.75, 3.05) is 31.2 Å². The molecule has 1 aliphatic heterocycles. The zero-order valence-corrected chi connectivity index (χ0v) is 17.2. The summed E-state index contributed by atoms with van der Waals surface area (Å²) in [4.78, 5) is 24.3. The number of hydrogen-bond acceptors (Lipinski definition) is 6. The first-order valence-electron chi connectivity index (χ1n) is 10.4. The Hall–Kier alpha value is -2.91. The lowest BCUT2D eigenvalue weighted by Gasteiger charge is -2.30. The van der Waals surface area contributed by atoms with Crippen molar-refractivity contribution in [3.63, 3.8) is 0 Å². The summed E-state index contributed by atoms with van der Waals surface area (Å²) in [5.41, 5.74) is 1.39. The van der Waals surface area contributed by atoms with Crippen LogP contribution in [0.4, 0.5) is 14.6 Å². The highest BCUT2D eigenvalue weighted by molar-refractivity contribution is 5.76. The average Bonchev–Trinajstić information content (AvgIpc) is 2.77. The Bertz CT molecular complexity index is 1140. The van der Waals surface area contributed by atoms with E-state index in [1.165, 1.54) is 10.6 Å². The van der Waals surface area contributed by atoms with Gasteiger partial charge in [-0.2, -0.15) is 0 Å². The van der Waals surface area contributed by atoms with Gasteiger partial charge >= 0.3 is 0 Å². The molecule has 0 atom stereocenters. The molecule has 7 nitrogen and oxygen atoms in total. The van der Waals surface area contributed by atoms with Gasteiger partial charge in [0.05, 0.1) is 24.9 Å². The van der Waals surface area contributed by atoms with Crippen LogP contribution in [0.15, 0.2) is 35.1 Å². The monoisotopic (exact) mass is 430 g/mol. The summed E-state index contributed by atoms with van der Waals surface area (Å²) in [7, 11) is 0. The third kappa shape index (κ3) is 4.42. The maximum absolute atomic E-state index is 13.7. The zero-order valence-electron chi connectivity index (χ0n) is 17.2. The van der Waals surface area contributed by atoms with E-state index >= 15 is 0 Å². The molecule has 1 saturated heterocycles. The smallest absolute Gasteiger partial charge is 0.295 e. The molecule has 0 bridgehead atoms. The van der Waals surface area contributed by atoms with Gasteiger partial charge in [0.15, 0.2) is 23.1 Å². The number of nitrogens with zero attached hydrogens (tertiary/aromatic N) is 4. The number of pyridine rings is 1. The lowest BCUT2D eigenvalue weighted by atomic mass is 10.1. The fourth-order valence-electron chi connectivity index (χ4n) is 3.71. The van der Waals surface area contributed by atoms with Crippen molar-refractivity contribution in [1.82, 2.24) is 14.5 Å². The van der Waals surface area contributed by atoms with Crippen molar-refractivity contribution < 1.29 is 18.6 Å². The number of aromatic nitrogens is 3. The number of fused-ring (bicyclic) bond motifs is 1. The van der Waals surface area contributed by atoms with Gasteiger partial charge in [-0.25, -0.2) is 18.7 Å². The largest absolute Gasteiger partial charge is 0.393 e. The number of piperidine rings is 1. The van der Waals surface area contributed by atoms with E-state index in [1.54, 1.807) is 12.1 Å². The van der Waals surface area contributed by atoms with Crippen LogP contribution in [0.3, 0.4) is 0 Å². The predicted molar refractivity (Wildman–Crippen MR) is 113 cm³/mol. The van der Waals surface area contributed by atoms with Gasteiger partial charge in [0.2, 0.25) is 0 Å². The minimum atomic E-state index is -0.964. The van der Waals surface area contributed by atoms with Crippen LogP contribution in [-0.4, -0.2) is 52.0 Å². The van der Waals surface area contributed by atoms with Crippen molar-refractivity contribution in [1.29, 1.82) is 0 Å². The number of anilines is 1. The van der Waals surface area contributed by atoms with E-state index in [4.69, 9.17) is 4.74 Å². The Morgan fingerprint density at radius 2 is 1.90 bits per heavy atom. The second-order valence-corrected chi connectivity index (χ2v) is 7.48. The van der Waals surface area contributed by atoms with Crippen molar-refractivity contribution in [2.24, 2.45) is 0 Å². The molecule has 31 heavy (non-hydrogen) atoms. The highest BCUT2D eigenvalue weighted by Crippen LogP contribution is 2.23. The van der Waals surface area contributed by atoms with Gasteiger partial charge in [0.1, 0.15) is 5.52 Å². The maximum atomic E-state index is 13.7. The molecule has 1 aliphatic rings. The molecular formula is C22H24F2N4O3. The first-order valence-corrected chi connectivity index (χ1v) is 10.4. The van der Waals surface area contributed by atoms with Crippen LogP contribution in [0.1, 0.15) is 19.8 Å². The molecule has 9 heteroatoms. The Balaban J connectivity index is 1.81. The fourth-order valence-corrected chi connectivity index (χ4v) is 3.71. The molecule has 3 aromatic rings. The van der Waals surface area contributed by atoms with Crippen molar-refractivity contribution in [2.45, 2.75) is 32.4 Å². The molecule has 2 aromatic heterocycles. The van der Waals surface area contributed by atoms with Gasteiger partial charge in [0.25, 0.3) is 5.56 Å². The van der Waals surface area contributed by atoms with Gasteiger partial charge in [0, 0.05) is 25.3 Å². The number of ether oxygens (including phenoxy) is 1. The third-order valence-corrected chi connectivity index (χ3v) is 5.42. The number of halogens is 2. The lowest BCUT2D eigenvalue weighted by molar-refractivity contribution is 0.139. The first kappa shape index (κ1) is 21.3. The normalized spacial score (nSPS) is 15.0. The first-order chi connectivity index (χ1) is 15.0. The van der Waals surface area contributed by atoms with E-state index in [9.17, 15) is 18.7 Å². The molecular weight excluding hydrogens is 406 g/mol. The van der Waals surface area contributed by atoms with E-state index < -0.39 is 11.6 Å². The summed E-state index contributed by atoms with van der Waals surface area (Å²) >= 11 is 0. The van der Waals surface area contributed by atoms with E-state index in [0.717, 1.165) is 12.1 Å². The minimum absolute atomic E-state index is 0.281. The molecule has 0 radical (unpaired) electrons.